The van der Waals surface area contributed by atoms with Crippen molar-refractivity contribution in [3.8, 4) is 0 Å². The summed E-state index contributed by atoms with van der Waals surface area (Å²) in [4.78, 5) is 0. The van der Waals surface area contributed by atoms with Crippen LogP contribution >= 0.6 is 0 Å². The van der Waals surface area contributed by atoms with E-state index in [-0.39, 0.29) is 0 Å². The third kappa shape index (κ3) is 4.06. The summed E-state index contributed by atoms with van der Waals surface area (Å²) in [5, 5.41) is 8.30. The molecule has 1 N–H and O–H groups in total. The molecule has 1 aliphatic heterocycles. The van der Waals surface area contributed by atoms with Crippen molar-refractivity contribution in [3.63, 3.8) is 0 Å². The van der Waals surface area contributed by atoms with Crippen LogP contribution in [0.15, 0.2) is 6.07 Å². The Morgan fingerprint density at radius 2 is 2.30 bits per heavy atom. The molecule has 1 fully saturated rings. The Kier molecular flexibility index (Phi) is 6.05. The molecule has 0 radical (unpaired) electrons. The second-order valence-corrected chi connectivity index (χ2v) is 5.72. The molecule has 0 aliphatic carbocycles. The summed E-state index contributed by atoms with van der Waals surface area (Å²) in [6, 6.07) is 2.82. The van der Waals surface area contributed by atoms with E-state index in [2.05, 4.69) is 41.9 Å². The lowest BCUT2D eigenvalue weighted by Crippen LogP contribution is -2.34. The van der Waals surface area contributed by atoms with Gasteiger partial charge in [0.25, 0.3) is 0 Å². The zero-order chi connectivity index (χ0) is 14.4. The fraction of sp³-hybridized carbons (Fsp3) is 0.812. The summed E-state index contributed by atoms with van der Waals surface area (Å²) in [7, 11) is 0. The van der Waals surface area contributed by atoms with Crippen LogP contribution in [0.4, 0.5) is 0 Å². The van der Waals surface area contributed by atoms with Crippen LogP contribution < -0.4 is 5.32 Å². The van der Waals surface area contributed by atoms with Gasteiger partial charge in [0.05, 0.1) is 5.69 Å². The maximum absolute atomic E-state index is 5.51. The van der Waals surface area contributed by atoms with E-state index >= 15 is 0 Å². The van der Waals surface area contributed by atoms with Crippen molar-refractivity contribution in [2.45, 2.75) is 59.0 Å². The van der Waals surface area contributed by atoms with Crippen molar-refractivity contribution in [3.05, 3.63) is 17.5 Å². The molecule has 4 heteroatoms. The van der Waals surface area contributed by atoms with Gasteiger partial charge in [0.15, 0.2) is 0 Å². The van der Waals surface area contributed by atoms with E-state index in [0.29, 0.717) is 6.04 Å². The minimum Gasteiger partial charge on any atom is -0.381 e. The zero-order valence-corrected chi connectivity index (χ0v) is 13.2. The number of rotatable bonds is 8. The average molecular weight is 279 g/mol. The molecule has 0 saturated carbocycles. The topological polar surface area (TPSA) is 39.1 Å². The zero-order valence-electron chi connectivity index (χ0n) is 13.2. The van der Waals surface area contributed by atoms with Crippen LogP contribution in [0.3, 0.4) is 0 Å². The van der Waals surface area contributed by atoms with Gasteiger partial charge in [0.2, 0.25) is 0 Å². The van der Waals surface area contributed by atoms with Gasteiger partial charge in [-0.3, -0.25) is 4.68 Å². The molecule has 2 heterocycles. The van der Waals surface area contributed by atoms with Crippen molar-refractivity contribution in [1.82, 2.24) is 15.1 Å². The third-order valence-corrected chi connectivity index (χ3v) is 4.17. The molecule has 0 amide bonds. The molecule has 0 bridgehead atoms. The van der Waals surface area contributed by atoms with Crippen LogP contribution in [-0.4, -0.2) is 35.6 Å². The molecule has 4 nitrogen and oxygen atoms in total. The summed E-state index contributed by atoms with van der Waals surface area (Å²) >= 11 is 0. The van der Waals surface area contributed by atoms with Gasteiger partial charge in [-0.2, -0.15) is 5.10 Å². The highest BCUT2D eigenvalue weighted by Gasteiger charge is 2.21. The minimum absolute atomic E-state index is 0.540. The molecule has 2 unspecified atom stereocenters. The van der Waals surface area contributed by atoms with Gasteiger partial charge in [-0.05, 0) is 44.7 Å². The van der Waals surface area contributed by atoms with Gasteiger partial charge >= 0.3 is 0 Å². The second-order valence-electron chi connectivity index (χ2n) is 5.72. The molecule has 2 rings (SSSR count). The summed E-state index contributed by atoms with van der Waals surface area (Å²) in [6.45, 7) is 10.4. The minimum atomic E-state index is 0.540. The van der Waals surface area contributed by atoms with Gasteiger partial charge in [-0.15, -0.1) is 0 Å². The molecule has 1 aromatic rings. The first kappa shape index (κ1) is 15.5. The highest BCUT2D eigenvalue weighted by atomic mass is 16.5. The number of hydrogen-bond acceptors (Lipinski definition) is 3. The summed E-state index contributed by atoms with van der Waals surface area (Å²) in [5.74, 6) is 0.725. The van der Waals surface area contributed by atoms with Crippen molar-refractivity contribution in [2.24, 2.45) is 5.92 Å². The largest absolute Gasteiger partial charge is 0.381 e. The van der Waals surface area contributed by atoms with Gasteiger partial charge in [-0.1, -0.05) is 13.8 Å². The maximum atomic E-state index is 5.51. The van der Waals surface area contributed by atoms with Gasteiger partial charge < -0.3 is 10.1 Å². The first-order valence-corrected chi connectivity index (χ1v) is 8.13. The normalized spacial score (nSPS) is 20.4. The van der Waals surface area contributed by atoms with Gasteiger partial charge in [0, 0.05) is 37.9 Å². The van der Waals surface area contributed by atoms with E-state index in [4.69, 9.17) is 4.74 Å². The highest BCUT2D eigenvalue weighted by molar-refractivity contribution is 5.12. The Hall–Kier alpha value is -0.870. The number of aryl methyl sites for hydroxylation is 2. The number of nitrogens with one attached hydrogen (secondary N) is 1. The molecule has 1 aliphatic rings. The molecular formula is C16H29N3O. The Morgan fingerprint density at radius 1 is 1.45 bits per heavy atom. The number of aromatic nitrogens is 2. The lowest BCUT2D eigenvalue weighted by molar-refractivity contribution is 0.181. The molecule has 2 atom stereocenters. The summed E-state index contributed by atoms with van der Waals surface area (Å²) in [6.07, 6.45) is 4.52. The van der Waals surface area contributed by atoms with E-state index in [1.807, 2.05) is 0 Å². The van der Waals surface area contributed by atoms with Crippen molar-refractivity contribution >= 4 is 0 Å². The van der Waals surface area contributed by atoms with Gasteiger partial charge in [-0.25, -0.2) is 0 Å². The number of likely N-dealkylation sites (N-methyl/N-ethyl adjacent to an activating group) is 1. The molecule has 0 spiro atoms. The molecule has 114 valence electrons. The Bertz CT molecular complexity index is 396. The Labute approximate surface area is 122 Å². The molecular weight excluding hydrogens is 250 g/mol. The van der Waals surface area contributed by atoms with Gasteiger partial charge in [0.1, 0.15) is 0 Å². The SMILES string of the molecule is CCNC(Cc1cc(CC)nn1CC)CC1CCOC1. The van der Waals surface area contributed by atoms with E-state index in [1.54, 1.807) is 0 Å². The lowest BCUT2D eigenvalue weighted by Gasteiger charge is -2.21. The molecule has 1 aromatic heterocycles. The van der Waals surface area contributed by atoms with Crippen LogP contribution in [0.25, 0.3) is 0 Å². The van der Waals surface area contributed by atoms with E-state index in [1.165, 1.54) is 24.2 Å². The van der Waals surface area contributed by atoms with E-state index in [0.717, 1.165) is 45.1 Å². The number of nitrogens with zero attached hydrogens (tertiary/aromatic N) is 2. The molecule has 0 aromatic carbocycles. The fourth-order valence-corrected chi connectivity index (χ4v) is 3.08. The Morgan fingerprint density at radius 3 is 2.90 bits per heavy atom. The second kappa shape index (κ2) is 7.79. The fourth-order valence-electron chi connectivity index (χ4n) is 3.08. The summed E-state index contributed by atoms with van der Waals surface area (Å²) < 4.78 is 7.67. The van der Waals surface area contributed by atoms with Crippen LogP contribution in [-0.2, 0) is 24.1 Å². The number of ether oxygens (including phenoxy) is 1. The predicted octanol–water partition coefficient (Wildman–Crippen LogP) is 2.41. The van der Waals surface area contributed by atoms with Crippen molar-refractivity contribution in [2.75, 3.05) is 19.8 Å². The first-order chi connectivity index (χ1) is 9.76. The lowest BCUT2D eigenvalue weighted by atomic mass is 9.96. The smallest absolute Gasteiger partial charge is 0.0624 e. The van der Waals surface area contributed by atoms with E-state index < -0.39 is 0 Å². The number of hydrogen-bond donors (Lipinski definition) is 1. The van der Waals surface area contributed by atoms with Crippen LogP contribution in [0.5, 0.6) is 0 Å². The maximum Gasteiger partial charge on any atom is 0.0624 e. The Balaban J connectivity index is 2.00. The monoisotopic (exact) mass is 279 g/mol. The van der Waals surface area contributed by atoms with Crippen LogP contribution in [0, 0.1) is 5.92 Å². The van der Waals surface area contributed by atoms with E-state index in [9.17, 15) is 0 Å². The van der Waals surface area contributed by atoms with Crippen molar-refractivity contribution in [1.29, 1.82) is 0 Å². The van der Waals surface area contributed by atoms with Crippen LogP contribution in [0.1, 0.15) is 45.0 Å². The third-order valence-electron chi connectivity index (χ3n) is 4.17. The quantitative estimate of drug-likeness (QED) is 0.794. The highest BCUT2D eigenvalue weighted by Crippen LogP contribution is 2.20. The van der Waals surface area contributed by atoms with Crippen molar-refractivity contribution < 1.29 is 4.74 Å². The molecule has 20 heavy (non-hydrogen) atoms. The predicted molar refractivity (Wildman–Crippen MR) is 82.0 cm³/mol. The standard InChI is InChI=1S/C16H29N3O/c1-4-14-10-16(19(6-3)18-14)11-15(17-5-2)9-13-7-8-20-12-13/h10,13,15,17H,4-9,11-12H2,1-3H3. The summed E-state index contributed by atoms with van der Waals surface area (Å²) in [5.41, 5.74) is 2.58. The molecule has 1 saturated heterocycles. The first-order valence-electron chi connectivity index (χ1n) is 8.13. The van der Waals surface area contributed by atoms with Crippen LogP contribution in [0.2, 0.25) is 0 Å². The average Bonchev–Trinajstić information content (AvgIpc) is 3.08.